The summed E-state index contributed by atoms with van der Waals surface area (Å²) in [7, 11) is 0. The van der Waals surface area contributed by atoms with Crippen molar-refractivity contribution in [2.24, 2.45) is 0 Å². The van der Waals surface area contributed by atoms with Crippen molar-refractivity contribution in [3.8, 4) is 5.75 Å². The van der Waals surface area contributed by atoms with E-state index in [2.05, 4.69) is 0 Å². The van der Waals surface area contributed by atoms with Crippen LogP contribution in [0.3, 0.4) is 0 Å². The molecule has 0 saturated heterocycles. The Kier molecular flexibility index (Phi) is 4.04. The molecule has 0 aliphatic carbocycles. The molecule has 0 aromatic heterocycles. The Morgan fingerprint density at radius 3 is 2.50 bits per heavy atom. The van der Waals surface area contributed by atoms with Crippen LogP contribution in [0.5, 0.6) is 5.75 Å². The van der Waals surface area contributed by atoms with Gasteiger partial charge >= 0.3 is 5.97 Å². The first-order valence-corrected chi connectivity index (χ1v) is 5.07. The molecule has 1 aromatic rings. The quantitative estimate of drug-likeness (QED) is 0.600. The Balaban J connectivity index is 3.08. The van der Waals surface area contributed by atoms with Crippen LogP contribution in [-0.4, -0.2) is 22.3 Å². The lowest BCUT2D eigenvalue weighted by Crippen LogP contribution is -2.15. The number of benzene rings is 1. The zero-order valence-corrected chi connectivity index (χ0v) is 9.60. The highest BCUT2D eigenvalue weighted by Gasteiger charge is 2.18. The minimum absolute atomic E-state index is 0.407. The topological polar surface area (TPSA) is 66.8 Å². The van der Waals surface area contributed by atoms with Crippen molar-refractivity contribution < 1.29 is 19.7 Å². The average Bonchev–Trinajstić information content (AvgIpc) is 2.19. The van der Waals surface area contributed by atoms with Gasteiger partial charge in [-0.15, -0.1) is 0 Å². The molecule has 88 valence electrons. The Labute approximate surface area is 94.5 Å². The SMILES string of the molecule is CC(=O)Oc1cccc(C(O)C(C)O)c1C. The van der Waals surface area contributed by atoms with Crippen molar-refractivity contribution in [3.63, 3.8) is 0 Å². The van der Waals surface area contributed by atoms with E-state index in [9.17, 15) is 15.0 Å². The van der Waals surface area contributed by atoms with Gasteiger partial charge in [0.25, 0.3) is 0 Å². The fourth-order valence-corrected chi connectivity index (χ4v) is 1.48. The molecule has 2 unspecified atom stereocenters. The van der Waals surface area contributed by atoms with Crippen molar-refractivity contribution in [2.75, 3.05) is 0 Å². The number of hydrogen-bond acceptors (Lipinski definition) is 4. The Morgan fingerprint density at radius 1 is 1.38 bits per heavy atom. The first-order chi connectivity index (χ1) is 7.43. The number of carbonyl (C=O) groups excluding carboxylic acids is 1. The summed E-state index contributed by atoms with van der Waals surface area (Å²) in [6.45, 7) is 4.55. The lowest BCUT2D eigenvalue weighted by Gasteiger charge is -2.17. The minimum Gasteiger partial charge on any atom is -0.426 e. The van der Waals surface area contributed by atoms with E-state index >= 15 is 0 Å². The molecule has 0 bridgehead atoms. The molecule has 0 aliphatic heterocycles. The number of hydrogen-bond donors (Lipinski definition) is 2. The maximum absolute atomic E-state index is 10.8. The molecule has 2 N–H and O–H groups in total. The zero-order valence-electron chi connectivity index (χ0n) is 9.60. The molecule has 2 atom stereocenters. The van der Waals surface area contributed by atoms with Crippen molar-refractivity contribution in [1.29, 1.82) is 0 Å². The van der Waals surface area contributed by atoms with E-state index in [4.69, 9.17) is 4.74 Å². The second-order valence-corrected chi connectivity index (χ2v) is 3.75. The van der Waals surface area contributed by atoms with Crippen LogP contribution >= 0.6 is 0 Å². The normalized spacial score (nSPS) is 14.3. The van der Waals surface area contributed by atoms with Gasteiger partial charge in [0.1, 0.15) is 11.9 Å². The van der Waals surface area contributed by atoms with Crippen LogP contribution in [0, 0.1) is 6.92 Å². The number of rotatable bonds is 3. The number of esters is 1. The van der Waals surface area contributed by atoms with Crippen LogP contribution < -0.4 is 4.74 Å². The summed E-state index contributed by atoms with van der Waals surface area (Å²) in [5.41, 5.74) is 1.22. The predicted molar refractivity (Wildman–Crippen MR) is 59.1 cm³/mol. The monoisotopic (exact) mass is 224 g/mol. The molecule has 0 aliphatic rings. The molecule has 0 amide bonds. The van der Waals surface area contributed by atoms with Crippen LogP contribution in [0.2, 0.25) is 0 Å². The predicted octanol–water partition coefficient (Wildman–Crippen LogP) is 1.33. The van der Waals surface area contributed by atoms with E-state index in [1.807, 2.05) is 0 Å². The Bertz CT molecular complexity index is 385. The van der Waals surface area contributed by atoms with Crippen LogP contribution in [0.25, 0.3) is 0 Å². The summed E-state index contributed by atoms with van der Waals surface area (Å²) in [4.78, 5) is 10.8. The van der Waals surface area contributed by atoms with Gasteiger partial charge in [-0.2, -0.15) is 0 Å². The summed E-state index contributed by atoms with van der Waals surface area (Å²) in [5, 5.41) is 19.1. The van der Waals surface area contributed by atoms with E-state index in [-0.39, 0.29) is 0 Å². The summed E-state index contributed by atoms with van der Waals surface area (Å²) < 4.78 is 4.98. The summed E-state index contributed by atoms with van der Waals surface area (Å²) >= 11 is 0. The number of aliphatic hydroxyl groups excluding tert-OH is 2. The van der Waals surface area contributed by atoms with Crippen LogP contribution in [0.1, 0.15) is 31.1 Å². The highest BCUT2D eigenvalue weighted by atomic mass is 16.5. The maximum Gasteiger partial charge on any atom is 0.308 e. The maximum atomic E-state index is 10.8. The van der Waals surface area contributed by atoms with Gasteiger partial charge in [0.15, 0.2) is 0 Å². The highest BCUT2D eigenvalue weighted by Crippen LogP contribution is 2.27. The Hall–Kier alpha value is -1.39. The lowest BCUT2D eigenvalue weighted by atomic mass is 9.99. The number of ether oxygens (including phenoxy) is 1. The summed E-state index contributed by atoms with van der Waals surface area (Å²) in [5.74, 6) is -0.00325. The molecular weight excluding hydrogens is 208 g/mol. The van der Waals surface area contributed by atoms with Crippen LogP contribution in [-0.2, 0) is 4.79 Å². The first-order valence-electron chi connectivity index (χ1n) is 5.07. The molecule has 0 saturated carbocycles. The lowest BCUT2D eigenvalue weighted by molar-refractivity contribution is -0.131. The summed E-state index contributed by atoms with van der Waals surface area (Å²) in [6.07, 6.45) is -1.85. The van der Waals surface area contributed by atoms with Crippen molar-refractivity contribution in [2.45, 2.75) is 33.0 Å². The fourth-order valence-electron chi connectivity index (χ4n) is 1.48. The van der Waals surface area contributed by atoms with E-state index < -0.39 is 18.2 Å². The smallest absolute Gasteiger partial charge is 0.308 e. The molecule has 4 nitrogen and oxygen atoms in total. The third-order valence-electron chi connectivity index (χ3n) is 2.36. The second-order valence-electron chi connectivity index (χ2n) is 3.75. The van der Waals surface area contributed by atoms with E-state index in [1.54, 1.807) is 25.1 Å². The number of carbonyl (C=O) groups is 1. The molecular formula is C12H16O4. The van der Waals surface area contributed by atoms with E-state index in [0.29, 0.717) is 16.9 Å². The van der Waals surface area contributed by atoms with Gasteiger partial charge in [-0.1, -0.05) is 12.1 Å². The molecule has 1 rings (SSSR count). The van der Waals surface area contributed by atoms with Crippen LogP contribution in [0.4, 0.5) is 0 Å². The first kappa shape index (κ1) is 12.7. The standard InChI is InChI=1S/C12H16O4/c1-7-10(12(15)8(2)13)5-4-6-11(7)16-9(3)14/h4-6,8,12-13,15H,1-3H3. The van der Waals surface area contributed by atoms with Gasteiger partial charge in [-0.3, -0.25) is 4.79 Å². The highest BCUT2D eigenvalue weighted by molar-refractivity contribution is 5.70. The van der Waals surface area contributed by atoms with Crippen LogP contribution in [0.15, 0.2) is 18.2 Å². The molecule has 0 heterocycles. The van der Waals surface area contributed by atoms with Gasteiger partial charge in [-0.05, 0) is 31.0 Å². The largest absolute Gasteiger partial charge is 0.426 e. The Morgan fingerprint density at radius 2 is 2.00 bits per heavy atom. The third-order valence-corrected chi connectivity index (χ3v) is 2.36. The summed E-state index contributed by atoms with van der Waals surface area (Å²) in [6, 6.07) is 5.01. The van der Waals surface area contributed by atoms with Gasteiger partial charge in [0, 0.05) is 6.92 Å². The van der Waals surface area contributed by atoms with Gasteiger partial charge in [0.05, 0.1) is 6.10 Å². The van der Waals surface area contributed by atoms with E-state index in [0.717, 1.165) is 0 Å². The molecule has 0 spiro atoms. The van der Waals surface area contributed by atoms with Gasteiger partial charge < -0.3 is 14.9 Å². The molecule has 0 fully saturated rings. The molecule has 1 aromatic carbocycles. The van der Waals surface area contributed by atoms with Gasteiger partial charge in [0.2, 0.25) is 0 Å². The number of aliphatic hydroxyl groups is 2. The average molecular weight is 224 g/mol. The zero-order chi connectivity index (χ0) is 12.3. The third kappa shape index (κ3) is 2.81. The molecule has 4 heteroatoms. The van der Waals surface area contributed by atoms with Crippen molar-refractivity contribution in [3.05, 3.63) is 29.3 Å². The van der Waals surface area contributed by atoms with Crippen molar-refractivity contribution >= 4 is 5.97 Å². The van der Waals surface area contributed by atoms with Gasteiger partial charge in [-0.25, -0.2) is 0 Å². The fraction of sp³-hybridized carbons (Fsp3) is 0.417. The van der Waals surface area contributed by atoms with E-state index in [1.165, 1.54) is 13.8 Å². The second kappa shape index (κ2) is 5.09. The van der Waals surface area contributed by atoms with Crippen molar-refractivity contribution in [1.82, 2.24) is 0 Å². The minimum atomic E-state index is -0.976. The molecule has 0 radical (unpaired) electrons. The molecule has 16 heavy (non-hydrogen) atoms.